The lowest BCUT2D eigenvalue weighted by Gasteiger charge is -2.38. The summed E-state index contributed by atoms with van der Waals surface area (Å²) in [5.74, 6) is 5.26. The number of nitrogens with zero attached hydrogens (tertiary/aromatic N) is 1. The second-order valence-electron chi connectivity index (χ2n) is 11.6. The van der Waals surface area contributed by atoms with Gasteiger partial charge in [0.25, 0.3) is 11.8 Å². The van der Waals surface area contributed by atoms with Gasteiger partial charge in [-0.05, 0) is 81.3 Å². The Balaban J connectivity index is 1.31. The van der Waals surface area contributed by atoms with Crippen molar-refractivity contribution in [2.75, 3.05) is 40.5 Å². The summed E-state index contributed by atoms with van der Waals surface area (Å²) < 4.78 is 22.8. The number of carbonyl (C=O) groups excluding carboxylic acids is 2. The number of rotatable bonds is 13. The molecule has 0 spiro atoms. The first kappa shape index (κ1) is 35.1. The minimum Gasteiger partial charge on any atom is -0.371 e. The van der Waals surface area contributed by atoms with Crippen molar-refractivity contribution in [3.05, 3.63) is 77.4 Å². The highest BCUT2D eigenvalue weighted by molar-refractivity contribution is 6.09. The van der Waals surface area contributed by atoms with Crippen LogP contribution in [0.1, 0.15) is 80.7 Å². The van der Waals surface area contributed by atoms with Crippen LogP contribution >= 0.6 is 0 Å². The summed E-state index contributed by atoms with van der Waals surface area (Å²) in [7, 11) is 3.13. The van der Waals surface area contributed by atoms with Gasteiger partial charge in [-0.2, -0.15) is 0 Å². The number of hydroxylamine groups is 1. The first-order valence-corrected chi connectivity index (χ1v) is 16.0. The van der Waals surface area contributed by atoms with E-state index in [2.05, 4.69) is 29.2 Å². The Bertz CT molecular complexity index is 1360. The van der Waals surface area contributed by atoms with Gasteiger partial charge in [-0.1, -0.05) is 42.7 Å². The van der Waals surface area contributed by atoms with Crippen LogP contribution in [0, 0.1) is 11.8 Å². The summed E-state index contributed by atoms with van der Waals surface area (Å²) in [6, 6.07) is 15.5. The van der Waals surface area contributed by atoms with Gasteiger partial charge in [0.2, 0.25) is 0 Å². The van der Waals surface area contributed by atoms with Crippen molar-refractivity contribution >= 4 is 17.5 Å². The van der Waals surface area contributed by atoms with Gasteiger partial charge in [0.15, 0.2) is 18.1 Å². The quantitative estimate of drug-likeness (QED) is 0.142. The second-order valence-corrected chi connectivity index (χ2v) is 11.6. The van der Waals surface area contributed by atoms with E-state index in [9.17, 15) is 9.59 Å². The van der Waals surface area contributed by atoms with Crippen LogP contribution in [0.25, 0.3) is 5.70 Å². The van der Waals surface area contributed by atoms with Crippen molar-refractivity contribution in [2.24, 2.45) is 0 Å². The minimum atomic E-state index is -1.63. The van der Waals surface area contributed by atoms with Crippen LogP contribution in [-0.4, -0.2) is 75.4 Å². The molecule has 3 unspecified atom stereocenters. The van der Waals surface area contributed by atoms with E-state index in [1.165, 1.54) is 18.9 Å². The fourth-order valence-corrected chi connectivity index (χ4v) is 5.21. The summed E-state index contributed by atoms with van der Waals surface area (Å²) in [5, 5.41) is 2.58. The Morgan fingerprint density at radius 1 is 0.935 bits per heavy atom. The smallest absolute Gasteiger partial charge is 0.279 e. The van der Waals surface area contributed by atoms with Crippen molar-refractivity contribution in [3.63, 3.8) is 0 Å². The van der Waals surface area contributed by atoms with E-state index in [4.69, 9.17) is 23.8 Å². The Kier molecular flexibility index (Phi) is 13.2. The molecule has 10 heteroatoms. The topological polar surface area (TPSA) is 108 Å². The highest BCUT2D eigenvalue weighted by Crippen LogP contribution is 2.26. The lowest BCUT2D eigenvalue weighted by Crippen LogP contribution is -2.63. The van der Waals surface area contributed by atoms with Crippen LogP contribution in [-0.2, 0) is 33.4 Å². The number of likely N-dealkylation sites (N-methyl/N-ethyl adjacent to an activating group) is 2. The summed E-state index contributed by atoms with van der Waals surface area (Å²) in [5.41, 5.74) is 4.78. The molecule has 4 rings (SSSR count). The van der Waals surface area contributed by atoms with Gasteiger partial charge in [0, 0.05) is 50.6 Å². The minimum absolute atomic E-state index is 0.0635. The van der Waals surface area contributed by atoms with Crippen LogP contribution in [0.3, 0.4) is 0 Å². The van der Waals surface area contributed by atoms with E-state index in [1.54, 1.807) is 7.05 Å². The average Bonchev–Trinajstić information content (AvgIpc) is 3.11. The fourth-order valence-electron chi connectivity index (χ4n) is 5.21. The summed E-state index contributed by atoms with van der Waals surface area (Å²) in [6.07, 6.45) is 5.05. The fraction of sp³-hybridized carbons (Fsp3) is 0.500. The highest BCUT2D eigenvalue weighted by Gasteiger charge is 2.46. The zero-order chi connectivity index (χ0) is 32.9. The molecule has 2 aliphatic heterocycles. The van der Waals surface area contributed by atoms with E-state index < -0.39 is 23.6 Å². The summed E-state index contributed by atoms with van der Waals surface area (Å²) in [4.78, 5) is 33.2. The van der Waals surface area contributed by atoms with Crippen LogP contribution < -0.4 is 10.8 Å². The molecule has 4 atom stereocenters. The van der Waals surface area contributed by atoms with Crippen LogP contribution in [0.4, 0.5) is 0 Å². The van der Waals surface area contributed by atoms with Crippen molar-refractivity contribution in [1.82, 2.24) is 15.7 Å². The van der Waals surface area contributed by atoms with Gasteiger partial charge in [0.05, 0.1) is 19.3 Å². The molecule has 10 nitrogen and oxygen atoms in total. The van der Waals surface area contributed by atoms with Gasteiger partial charge in [-0.25, -0.2) is 10.3 Å². The number of ether oxygens (including phenoxy) is 4. The van der Waals surface area contributed by atoms with Crippen LogP contribution in [0.5, 0.6) is 0 Å². The molecule has 0 radical (unpaired) electrons. The molecule has 2 fully saturated rings. The molecule has 0 aliphatic carbocycles. The largest absolute Gasteiger partial charge is 0.371 e. The third-order valence-corrected chi connectivity index (χ3v) is 8.45. The molecule has 0 aromatic heterocycles. The summed E-state index contributed by atoms with van der Waals surface area (Å²) >= 11 is 0. The molecule has 0 saturated carbocycles. The molecule has 248 valence electrons. The molecule has 2 aromatic carbocycles. The maximum atomic E-state index is 13.3. The first-order valence-electron chi connectivity index (χ1n) is 16.0. The van der Waals surface area contributed by atoms with E-state index in [0.717, 1.165) is 61.0 Å². The number of amides is 2. The number of hydrogen-bond acceptors (Lipinski definition) is 8. The van der Waals surface area contributed by atoms with Gasteiger partial charge in [0.1, 0.15) is 0 Å². The lowest BCUT2D eigenvalue weighted by molar-refractivity contribution is -0.204. The Labute approximate surface area is 272 Å². The zero-order valence-corrected chi connectivity index (χ0v) is 27.4. The molecule has 2 amide bonds. The molecule has 46 heavy (non-hydrogen) atoms. The van der Waals surface area contributed by atoms with Gasteiger partial charge in [-0.15, -0.1) is 0 Å². The molecule has 0 bridgehead atoms. The molecular formula is C36H47N3O7. The number of hydrogen-bond donors (Lipinski definition) is 2. The molecular weight excluding hydrogens is 586 g/mol. The third-order valence-electron chi connectivity index (χ3n) is 8.45. The van der Waals surface area contributed by atoms with E-state index >= 15 is 0 Å². The van der Waals surface area contributed by atoms with Crippen molar-refractivity contribution in [3.8, 4) is 11.8 Å². The average molecular weight is 634 g/mol. The maximum absolute atomic E-state index is 13.3. The Morgan fingerprint density at radius 2 is 1.52 bits per heavy atom. The SMILES string of the molecule is C=C(c1ccc(C#Cc2ccc(C(C)OCCOC3CCCCO3)cc2)cc1)N(C)[C@@](C)(C(=O)NC)C(=O)NOC1CCCCO1. The van der Waals surface area contributed by atoms with Gasteiger partial charge >= 0.3 is 0 Å². The molecule has 2 N–H and O–H groups in total. The Morgan fingerprint density at radius 3 is 2.09 bits per heavy atom. The van der Waals surface area contributed by atoms with Crippen molar-refractivity contribution < 1.29 is 33.4 Å². The molecule has 2 aliphatic rings. The zero-order valence-electron chi connectivity index (χ0n) is 27.4. The van der Waals surface area contributed by atoms with Crippen LogP contribution in [0.15, 0.2) is 55.1 Å². The van der Waals surface area contributed by atoms with E-state index in [-0.39, 0.29) is 12.4 Å². The Hall–Kier alpha value is -3.72. The normalized spacial score (nSPS) is 19.9. The second kappa shape index (κ2) is 17.3. The van der Waals surface area contributed by atoms with Gasteiger partial charge < -0.3 is 29.2 Å². The molecule has 2 saturated heterocycles. The number of benzene rings is 2. The lowest BCUT2D eigenvalue weighted by atomic mass is 9.96. The maximum Gasteiger partial charge on any atom is 0.279 e. The predicted octanol–water partition coefficient (Wildman–Crippen LogP) is 4.69. The van der Waals surface area contributed by atoms with Crippen molar-refractivity contribution in [1.29, 1.82) is 0 Å². The highest BCUT2D eigenvalue weighted by atomic mass is 16.8. The molecule has 2 aromatic rings. The van der Waals surface area contributed by atoms with Gasteiger partial charge in [-0.3, -0.25) is 9.59 Å². The standard InChI is InChI=1S/C36H47N3O7/c1-26(39(5)36(3,34(40)37-4)35(41)38-46-33-11-7-9-23-44-33)30-18-14-28(15-19-30)12-13-29-16-20-31(21-17-29)27(2)42-24-25-45-32-10-6-8-22-43-32/h14-21,27,32-33H,1,6-11,22-25H2,2-5H3,(H,37,40)(H,38,41)/t27?,32?,33?,36-/m0/s1. The van der Waals surface area contributed by atoms with E-state index in [0.29, 0.717) is 31.9 Å². The first-order chi connectivity index (χ1) is 22.2. The predicted molar refractivity (Wildman–Crippen MR) is 175 cm³/mol. The van der Waals surface area contributed by atoms with Crippen molar-refractivity contribution in [2.45, 2.75) is 76.6 Å². The van der Waals surface area contributed by atoms with E-state index in [1.807, 2.05) is 55.5 Å². The van der Waals surface area contributed by atoms with Crippen LogP contribution in [0.2, 0.25) is 0 Å². The number of carbonyl (C=O) groups is 2. The number of nitrogens with one attached hydrogen (secondary N) is 2. The summed E-state index contributed by atoms with van der Waals surface area (Å²) in [6.45, 7) is 10.1. The monoisotopic (exact) mass is 633 g/mol. The third kappa shape index (κ3) is 9.41. The molecule has 2 heterocycles.